The zero-order chi connectivity index (χ0) is 14.7. The van der Waals surface area contributed by atoms with Crippen molar-refractivity contribution in [3.05, 3.63) is 17.7 Å². The van der Waals surface area contributed by atoms with E-state index in [-0.39, 0.29) is 11.4 Å². The zero-order valence-corrected chi connectivity index (χ0v) is 11.3. The van der Waals surface area contributed by atoms with Crippen LogP contribution in [0.15, 0.2) is 16.7 Å². The van der Waals surface area contributed by atoms with Gasteiger partial charge in [0.25, 0.3) is 0 Å². The third-order valence-electron chi connectivity index (χ3n) is 2.77. The first-order valence-corrected chi connectivity index (χ1v) is 5.61. The van der Waals surface area contributed by atoms with Crippen molar-refractivity contribution < 1.29 is 18.7 Å². The van der Waals surface area contributed by atoms with Crippen LogP contribution in [0.3, 0.4) is 0 Å². The molecule has 2 rings (SSSR count). The Kier molecular flexibility index (Phi) is 3.66. The number of hydrogen-bond acceptors (Lipinski definition) is 7. The van der Waals surface area contributed by atoms with Crippen LogP contribution in [-0.2, 0) is 0 Å². The molecule has 104 valence electrons. The van der Waals surface area contributed by atoms with Gasteiger partial charge in [-0.25, -0.2) is 0 Å². The third kappa shape index (κ3) is 2.07. The minimum absolute atomic E-state index is 0.0312. The van der Waals surface area contributed by atoms with Gasteiger partial charge in [0.15, 0.2) is 11.5 Å². The lowest BCUT2D eigenvalue weighted by Gasteiger charge is -2.13. The van der Waals surface area contributed by atoms with Crippen LogP contribution < -0.4 is 19.9 Å². The fourth-order valence-corrected chi connectivity index (χ4v) is 1.83. The summed E-state index contributed by atoms with van der Waals surface area (Å²) in [6.07, 6.45) is 0. The SMILES string of the molecule is COc1cc(-c2noc(N)c2C#N)cc(OC)c1OC. The van der Waals surface area contributed by atoms with Crippen molar-refractivity contribution in [2.75, 3.05) is 27.1 Å². The zero-order valence-electron chi connectivity index (χ0n) is 11.3. The Morgan fingerprint density at radius 3 is 2.20 bits per heavy atom. The molecule has 0 atom stereocenters. The molecule has 1 aromatic heterocycles. The molecule has 7 heteroatoms. The predicted octanol–water partition coefficient (Wildman–Crippen LogP) is 1.82. The van der Waals surface area contributed by atoms with E-state index in [0.717, 1.165) is 0 Å². The summed E-state index contributed by atoms with van der Waals surface area (Å²) >= 11 is 0. The number of nitrogens with zero attached hydrogens (tertiary/aromatic N) is 2. The van der Waals surface area contributed by atoms with Gasteiger partial charge in [-0.15, -0.1) is 0 Å². The second-order valence-electron chi connectivity index (χ2n) is 3.80. The van der Waals surface area contributed by atoms with E-state index in [9.17, 15) is 0 Å². The Hall–Kier alpha value is -2.88. The average Bonchev–Trinajstić information content (AvgIpc) is 2.86. The molecule has 0 aliphatic heterocycles. The summed E-state index contributed by atoms with van der Waals surface area (Å²) in [4.78, 5) is 0. The minimum Gasteiger partial charge on any atom is -0.493 e. The molecule has 0 aliphatic carbocycles. The quantitative estimate of drug-likeness (QED) is 0.907. The van der Waals surface area contributed by atoms with Crippen molar-refractivity contribution in [2.45, 2.75) is 0 Å². The smallest absolute Gasteiger partial charge is 0.240 e. The highest BCUT2D eigenvalue weighted by Gasteiger charge is 2.20. The molecule has 0 fully saturated rings. The van der Waals surface area contributed by atoms with Crippen molar-refractivity contribution in [2.24, 2.45) is 0 Å². The molecule has 0 unspecified atom stereocenters. The summed E-state index contributed by atoms with van der Waals surface area (Å²) in [6, 6.07) is 5.28. The molecular weight excluding hydrogens is 262 g/mol. The van der Waals surface area contributed by atoms with E-state index in [2.05, 4.69) is 5.16 Å². The monoisotopic (exact) mass is 275 g/mol. The van der Waals surface area contributed by atoms with E-state index in [4.69, 9.17) is 29.7 Å². The van der Waals surface area contributed by atoms with E-state index >= 15 is 0 Å². The first-order chi connectivity index (χ1) is 9.65. The summed E-state index contributed by atoms with van der Waals surface area (Å²) < 4.78 is 20.6. The minimum atomic E-state index is -0.0312. The topological polar surface area (TPSA) is 104 Å². The molecule has 1 aromatic carbocycles. The number of nitrogen functional groups attached to an aromatic ring is 1. The van der Waals surface area contributed by atoms with Crippen LogP contribution in [0.4, 0.5) is 5.88 Å². The third-order valence-corrected chi connectivity index (χ3v) is 2.77. The fraction of sp³-hybridized carbons (Fsp3) is 0.231. The summed E-state index contributed by atoms with van der Waals surface area (Å²) in [5.74, 6) is 1.32. The molecule has 0 amide bonds. The predicted molar refractivity (Wildman–Crippen MR) is 70.7 cm³/mol. The first kappa shape index (κ1) is 13.5. The van der Waals surface area contributed by atoms with E-state index in [1.54, 1.807) is 12.1 Å². The Morgan fingerprint density at radius 2 is 1.75 bits per heavy atom. The van der Waals surface area contributed by atoms with Crippen LogP contribution in [-0.4, -0.2) is 26.5 Å². The summed E-state index contributed by atoms with van der Waals surface area (Å²) in [5.41, 5.74) is 6.62. The molecule has 2 N–H and O–H groups in total. The summed E-state index contributed by atoms with van der Waals surface area (Å²) in [7, 11) is 4.52. The molecule has 2 aromatic rings. The lowest BCUT2D eigenvalue weighted by atomic mass is 10.1. The molecule has 7 nitrogen and oxygen atoms in total. The second kappa shape index (κ2) is 5.40. The lowest BCUT2D eigenvalue weighted by Crippen LogP contribution is -1.96. The molecule has 0 saturated heterocycles. The molecule has 20 heavy (non-hydrogen) atoms. The Balaban J connectivity index is 2.66. The molecule has 0 aliphatic rings. The van der Waals surface area contributed by atoms with Gasteiger partial charge < -0.3 is 24.5 Å². The number of ether oxygens (including phenoxy) is 3. The van der Waals surface area contributed by atoms with Crippen molar-refractivity contribution in [3.8, 4) is 34.6 Å². The number of hydrogen-bond donors (Lipinski definition) is 1. The van der Waals surface area contributed by atoms with Crippen LogP contribution in [0, 0.1) is 11.3 Å². The van der Waals surface area contributed by atoms with Crippen LogP contribution in [0.25, 0.3) is 11.3 Å². The van der Waals surface area contributed by atoms with E-state index in [1.165, 1.54) is 21.3 Å². The second-order valence-corrected chi connectivity index (χ2v) is 3.80. The number of methoxy groups -OCH3 is 3. The maximum Gasteiger partial charge on any atom is 0.240 e. The van der Waals surface area contributed by atoms with Crippen molar-refractivity contribution in [1.82, 2.24) is 5.16 Å². The molecular formula is C13H13N3O4. The van der Waals surface area contributed by atoms with Crippen molar-refractivity contribution in [1.29, 1.82) is 5.26 Å². The number of nitrogens with two attached hydrogens (primary N) is 1. The normalized spacial score (nSPS) is 9.90. The van der Waals surface area contributed by atoms with Gasteiger partial charge >= 0.3 is 0 Å². The highest BCUT2D eigenvalue weighted by Crippen LogP contribution is 2.41. The fourth-order valence-electron chi connectivity index (χ4n) is 1.83. The first-order valence-electron chi connectivity index (χ1n) is 5.61. The van der Waals surface area contributed by atoms with E-state index < -0.39 is 0 Å². The molecule has 1 heterocycles. The number of benzene rings is 1. The number of rotatable bonds is 4. The number of anilines is 1. The van der Waals surface area contributed by atoms with Gasteiger partial charge in [0.05, 0.1) is 21.3 Å². The highest BCUT2D eigenvalue weighted by molar-refractivity contribution is 5.75. The maximum absolute atomic E-state index is 9.09. The van der Waals surface area contributed by atoms with E-state index in [1.807, 2.05) is 6.07 Å². The van der Waals surface area contributed by atoms with E-state index in [0.29, 0.717) is 28.5 Å². The molecule has 0 bridgehead atoms. The Labute approximate surface area is 115 Å². The van der Waals surface area contributed by atoms with Crippen LogP contribution in [0.5, 0.6) is 17.2 Å². The van der Waals surface area contributed by atoms with Gasteiger partial charge in [0.1, 0.15) is 17.3 Å². The van der Waals surface area contributed by atoms with Crippen molar-refractivity contribution in [3.63, 3.8) is 0 Å². The summed E-state index contributed by atoms with van der Waals surface area (Å²) in [5, 5.41) is 12.9. The highest BCUT2D eigenvalue weighted by atomic mass is 16.5. The van der Waals surface area contributed by atoms with Gasteiger partial charge in [-0.2, -0.15) is 5.26 Å². The average molecular weight is 275 g/mol. The van der Waals surface area contributed by atoms with Gasteiger partial charge in [0, 0.05) is 5.56 Å². The Bertz CT molecular complexity index is 648. The molecule has 0 saturated carbocycles. The Morgan fingerprint density at radius 1 is 1.15 bits per heavy atom. The van der Waals surface area contributed by atoms with Crippen LogP contribution >= 0.6 is 0 Å². The number of aromatic nitrogens is 1. The van der Waals surface area contributed by atoms with Gasteiger partial charge in [0.2, 0.25) is 11.6 Å². The number of nitriles is 1. The molecule has 0 radical (unpaired) electrons. The van der Waals surface area contributed by atoms with Gasteiger partial charge in [-0.1, -0.05) is 5.16 Å². The maximum atomic E-state index is 9.09. The van der Waals surface area contributed by atoms with Crippen molar-refractivity contribution >= 4 is 5.88 Å². The van der Waals surface area contributed by atoms with Crippen LogP contribution in [0.2, 0.25) is 0 Å². The standard InChI is InChI=1S/C13H13N3O4/c1-17-9-4-7(5-10(18-2)12(9)19-3)11-8(6-14)13(15)20-16-11/h4-5H,15H2,1-3H3. The van der Waals surface area contributed by atoms with Crippen LogP contribution in [0.1, 0.15) is 5.56 Å². The van der Waals surface area contributed by atoms with Gasteiger partial charge in [-0.05, 0) is 12.1 Å². The van der Waals surface area contributed by atoms with Gasteiger partial charge in [-0.3, -0.25) is 0 Å². The molecule has 0 spiro atoms. The summed E-state index contributed by atoms with van der Waals surface area (Å²) in [6.45, 7) is 0. The largest absolute Gasteiger partial charge is 0.493 e. The lowest BCUT2D eigenvalue weighted by molar-refractivity contribution is 0.324.